The van der Waals surface area contributed by atoms with Crippen LogP contribution in [-0.4, -0.2) is 47.9 Å². The quantitative estimate of drug-likeness (QED) is 0.240. The Hall–Kier alpha value is -2.15. The molecule has 0 radical (unpaired) electrons. The maximum atomic E-state index is 12.3. The second-order valence-electron chi connectivity index (χ2n) is 8.42. The predicted octanol–water partition coefficient (Wildman–Crippen LogP) is 2.48. The van der Waals surface area contributed by atoms with Crippen molar-refractivity contribution in [2.45, 2.75) is 77.5 Å². The molecule has 6 atom stereocenters. The number of ether oxygens (including phenoxy) is 4. The minimum Gasteiger partial charge on any atom is -0.461 e. The monoisotopic (exact) mass is 392 g/mol. The Labute approximate surface area is 165 Å². The molecule has 2 aliphatic heterocycles. The third kappa shape index (κ3) is 3.99. The third-order valence-corrected chi connectivity index (χ3v) is 5.71. The van der Waals surface area contributed by atoms with Crippen LogP contribution >= 0.6 is 0 Å². The van der Waals surface area contributed by atoms with Crippen LogP contribution in [0.5, 0.6) is 0 Å². The fraction of sp³-hybridized carbons (Fsp3) is 0.667. The third-order valence-electron chi connectivity index (χ3n) is 5.71. The highest BCUT2D eigenvalue weighted by Crippen LogP contribution is 2.48. The zero-order chi connectivity index (χ0) is 20.8. The van der Waals surface area contributed by atoms with E-state index in [0.29, 0.717) is 12.8 Å². The molecule has 3 rings (SSSR count). The van der Waals surface area contributed by atoms with Crippen molar-refractivity contribution in [2.75, 3.05) is 0 Å². The van der Waals surface area contributed by atoms with Gasteiger partial charge in [-0.15, -0.1) is 0 Å². The first-order valence-corrected chi connectivity index (χ1v) is 9.65. The molecule has 0 aromatic carbocycles. The van der Waals surface area contributed by atoms with E-state index in [9.17, 15) is 14.4 Å². The number of hydrogen-bond acceptors (Lipinski definition) is 7. The van der Waals surface area contributed by atoms with Crippen LogP contribution in [0.25, 0.3) is 0 Å². The molecule has 0 unspecified atom stereocenters. The zero-order valence-electron chi connectivity index (χ0n) is 17.0. The lowest BCUT2D eigenvalue weighted by Crippen LogP contribution is -2.38. The van der Waals surface area contributed by atoms with Crippen LogP contribution in [0, 0.1) is 11.8 Å². The van der Waals surface area contributed by atoms with E-state index in [1.54, 1.807) is 19.9 Å². The molecule has 1 aliphatic carbocycles. The maximum Gasteiger partial charge on any atom is 0.334 e. The Kier molecular flexibility index (Phi) is 5.40. The van der Waals surface area contributed by atoms with E-state index in [1.165, 1.54) is 6.92 Å². The number of fused-ring (bicyclic) bond motifs is 2. The van der Waals surface area contributed by atoms with Gasteiger partial charge >= 0.3 is 17.9 Å². The van der Waals surface area contributed by atoms with E-state index in [0.717, 1.165) is 5.57 Å². The van der Waals surface area contributed by atoms with Crippen LogP contribution in [0.15, 0.2) is 23.8 Å². The SMILES string of the molecule is C=C1C(=O)O[C@H]2/C=C(/C)[C@@H](OC(C)=O)C[C@H]3O[C@]3(C)C[C@@H](OC(=O)C(C)C)[C@@H]12. The normalized spacial score (nSPS) is 39.2. The highest BCUT2D eigenvalue weighted by Gasteiger charge is 2.58. The summed E-state index contributed by atoms with van der Waals surface area (Å²) in [6.07, 6.45) is 0.846. The van der Waals surface area contributed by atoms with E-state index < -0.39 is 35.8 Å². The average Bonchev–Trinajstić information content (AvgIpc) is 3.11. The van der Waals surface area contributed by atoms with E-state index in [4.69, 9.17) is 18.9 Å². The van der Waals surface area contributed by atoms with Gasteiger partial charge in [0.15, 0.2) is 0 Å². The van der Waals surface area contributed by atoms with Gasteiger partial charge in [-0.25, -0.2) is 4.79 Å². The molecular weight excluding hydrogens is 364 g/mol. The number of carbonyl (C=O) groups is 3. The second-order valence-corrected chi connectivity index (χ2v) is 8.42. The van der Waals surface area contributed by atoms with Crippen LogP contribution in [0.4, 0.5) is 0 Å². The van der Waals surface area contributed by atoms with Crippen molar-refractivity contribution in [3.63, 3.8) is 0 Å². The number of hydrogen-bond donors (Lipinski definition) is 0. The van der Waals surface area contributed by atoms with Gasteiger partial charge in [0, 0.05) is 25.3 Å². The first-order chi connectivity index (χ1) is 13.0. The van der Waals surface area contributed by atoms with E-state index in [1.807, 2.05) is 13.8 Å². The standard InChI is InChI=1S/C21H28O7/c1-10(2)19(23)27-16-9-21(6)17(28-21)8-14(25-13(5)22)11(3)7-15-18(16)12(4)20(24)26-15/h7,10,14-18H,4,8-9H2,1-3,5-6H3/b11-7-/t14-,15-,16+,17+,18-,21+/m0/s1. The predicted molar refractivity (Wildman–Crippen MR) is 99.1 cm³/mol. The van der Waals surface area contributed by atoms with Crippen LogP contribution in [0.1, 0.15) is 47.5 Å². The fourth-order valence-electron chi connectivity index (χ4n) is 3.96. The molecule has 0 amide bonds. The van der Waals surface area contributed by atoms with Gasteiger partial charge in [0.25, 0.3) is 0 Å². The van der Waals surface area contributed by atoms with Crippen molar-refractivity contribution in [1.82, 2.24) is 0 Å². The number of esters is 3. The van der Waals surface area contributed by atoms with Crippen molar-refractivity contribution >= 4 is 17.9 Å². The molecule has 2 saturated heterocycles. The topological polar surface area (TPSA) is 91.4 Å². The Morgan fingerprint density at radius 1 is 1.32 bits per heavy atom. The molecule has 7 heteroatoms. The molecule has 0 saturated carbocycles. The summed E-state index contributed by atoms with van der Waals surface area (Å²) in [5.41, 5.74) is 0.511. The molecular formula is C21H28O7. The van der Waals surface area contributed by atoms with Gasteiger partial charge in [0.1, 0.15) is 18.3 Å². The maximum absolute atomic E-state index is 12.3. The second kappa shape index (κ2) is 7.35. The largest absolute Gasteiger partial charge is 0.461 e. The Morgan fingerprint density at radius 3 is 2.61 bits per heavy atom. The van der Waals surface area contributed by atoms with Gasteiger partial charge in [-0.05, 0) is 25.5 Å². The molecule has 0 N–H and O–H groups in total. The highest BCUT2D eigenvalue weighted by atomic mass is 16.6. The molecule has 2 heterocycles. The molecule has 3 aliphatic rings. The van der Waals surface area contributed by atoms with Gasteiger partial charge in [0.05, 0.1) is 23.5 Å². The number of carbonyl (C=O) groups excluding carboxylic acids is 3. The van der Waals surface area contributed by atoms with E-state index >= 15 is 0 Å². The lowest BCUT2D eigenvalue weighted by atomic mass is 9.82. The average molecular weight is 392 g/mol. The van der Waals surface area contributed by atoms with Crippen molar-refractivity contribution in [3.05, 3.63) is 23.8 Å². The van der Waals surface area contributed by atoms with Crippen molar-refractivity contribution in [1.29, 1.82) is 0 Å². The van der Waals surface area contributed by atoms with E-state index in [2.05, 4.69) is 6.58 Å². The van der Waals surface area contributed by atoms with Gasteiger partial charge in [-0.1, -0.05) is 20.4 Å². The summed E-state index contributed by atoms with van der Waals surface area (Å²) >= 11 is 0. The summed E-state index contributed by atoms with van der Waals surface area (Å²) in [6.45, 7) is 12.5. The highest BCUT2D eigenvalue weighted by molar-refractivity contribution is 5.91. The number of rotatable bonds is 3. The summed E-state index contributed by atoms with van der Waals surface area (Å²) in [6, 6.07) is 0. The van der Waals surface area contributed by atoms with Crippen LogP contribution in [0.2, 0.25) is 0 Å². The Bertz CT molecular complexity index is 737. The summed E-state index contributed by atoms with van der Waals surface area (Å²) in [7, 11) is 0. The minimum atomic E-state index is -0.637. The van der Waals surface area contributed by atoms with Gasteiger partial charge in [0.2, 0.25) is 0 Å². The molecule has 0 spiro atoms. The van der Waals surface area contributed by atoms with Crippen molar-refractivity contribution in [2.24, 2.45) is 11.8 Å². The zero-order valence-corrected chi connectivity index (χ0v) is 17.0. The van der Waals surface area contributed by atoms with Crippen LogP contribution < -0.4 is 0 Å². The number of epoxide rings is 1. The van der Waals surface area contributed by atoms with Gasteiger partial charge in [-0.3, -0.25) is 9.59 Å². The molecule has 2 fully saturated rings. The van der Waals surface area contributed by atoms with Crippen molar-refractivity contribution in [3.8, 4) is 0 Å². The summed E-state index contributed by atoms with van der Waals surface area (Å²) in [5, 5.41) is 0. The van der Waals surface area contributed by atoms with Gasteiger partial charge < -0.3 is 18.9 Å². The van der Waals surface area contributed by atoms with E-state index in [-0.39, 0.29) is 29.5 Å². The molecule has 7 nitrogen and oxygen atoms in total. The summed E-state index contributed by atoms with van der Waals surface area (Å²) in [5.74, 6) is -2.04. The van der Waals surface area contributed by atoms with Gasteiger partial charge in [-0.2, -0.15) is 0 Å². The first kappa shape index (κ1) is 20.6. The fourth-order valence-corrected chi connectivity index (χ4v) is 3.96. The smallest absolute Gasteiger partial charge is 0.334 e. The lowest BCUT2D eigenvalue weighted by molar-refractivity contribution is -0.157. The molecule has 0 aromatic rings. The van der Waals surface area contributed by atoms with Crippen LogP contribution in [-0.2, 0) is 33.3 Å². The Morgan fingerprint density at radius 2 is 2.00 bits per heavy atom. The van der Waals surface area contributed by atoms with Crippen molar-refractivity contribution < 1.29 is 33.3 Å². The molecule has 154 valence electrons. The first-order valence-electron chi connectivity index (χ1n) is 9.65. The molecule has 28 heavy (non-hydrogen) atoms. The molecule has 0 aromatic heterocycles. The van der Waals surface area contributed by atoms with Crippen LogP contribution in [0.3, 0.4) is 0 Å². The minimum absolute atomic E-state index is 0.136. The molecule has 0 bridgehead atoms. The summed E-state index contributed by atoms with van der Waals surface area (Å²) < 4.78 is 22.7. The Balaban J connectivity index is 1.98. The summed E-state index contributed by atoms with van der Waals surface area (Å²) in [4.78, 5) is 36.1. The lowest BCUT2D eigenvalue weighted by Gasteiger charge is -2.30.